The van der Waals surface area contributed by atoms with Crippen molar-refractivity contribution in [2.24, 2.45) is 0 Å². The molecule has 0 unspecified atom stereocenters. The number of nitrogens with one attached hydrogen (secondary N) is 1. The molecule has 0 radical (unpaired) electrons. The van der Waals surface area contributed by atoms with E-state index in [9.17, 15) is 0 Å². The fourth-order valence-electron chi connectivity index (χ4n) is 2.13. The van der Waals surface area contributed by atoms with Crippen LogP contribution in [0.3, 0.4) is 0 Å². The van der Waals surface area contributed by atoms with Crippen molar-refractivity contribution in [3.05, 3.63) is 12.1 Å². The zero-order chi connectivity index (χ0) is 12.4. The van der Waals surface area contributed by atoms with Crippen LogP contribution in [-0.4, -0.2) is 38.2 Å². The maximum absolute atomic E-state index is 5.07. The molecule has 0 aromatic carbocycles. The Bertz CT molecular complexity index is 513. The smallest absolute Gasteiger partial charge is 0.226 e. The fraction of sp³-hybridized carbons (Fsp3) is 0.636. The van der Waals surface area contributed by atoms with Gasteiger partial charge in [-0.3, -0.25) is 0 Å². The van der Waals surface area contributed by atoms with Crippen molar-refractivity contribution < 1.29 is 4.52 Å². The summed E-state index contributed by atoms with van der Waals surface area (Å²) < 4.78 is 6.99. The van der Waals surface area contributed by atoms with Crippen molar-refractivity contribution in [2.45, 2.75) is 32.2 Å². The van der Waals surface area contributed by atoms with Gasteiger partial charge in [-0.2, -0.15) is 4.98 Å². The second-order valence-electron chi connectivity index (χ2n) is 4.43. The highest BCUT2D eigenvalue weighted by Crippen LogP contribution is 2.20. The Labute approximate surface area is 105 Å². The molecule has 1 saturated heterocycles. The predicted molar refractivity (Wildman–Crippen MR) is 63.8 cm³/mol. The normalized spacial score (nSPS) is 17.2. The molecule has 18 heavy (non-hydrogen) atoms. The Balaban J connectivity index is 1.79. The van der Waals surface area contributed by atoms with E-state index in [1.165, 1.54) is 0 Å². The molecule has 7 heteroatoms. The van der Waals surface area contributed by atoms with E-state index in [1.54, 1.807) is 0 Å². The molecule has 1 fully saturated rings. The molecule has 3 heterocycles. The summed E-state index contributed by atoms with van der Waals surface area (Å²) in [5.41, 5.74) is 0.678. The van der Waals surface area contributed by atoms with Gasteiger partial charge in [-0.25, -0.2) is 4.68 Å². The van der Waals surface area contributed by atoms with Gasteiger partial charge in [0.2, 0.25) is 11.7 Å². The molecule has 2 aromatic rings. The van der Waals surface area contributed by atoms with E-state index in [4.69, 9.17) is 4.52 Å². The van der Waals surface area contributed by atoms with Crippen LogP contribution in [0.25, 0.3) is 11.5 Å². The number of hydrogen-bond acceptors (Lipinski definition) is 6. The largest absolute Gasteiger partial charge is 0.339 e. The minimum atomic E-state index is 0.421. The molecule has 2 aromatic heterocycles. The highest BCUT2D eigenvalue weighted by Gasteiger charge is 2.18. The van der Waals surface area contributed by atoms with Gasteiger partial charge in [-0.1, -0.05) is 17.3 Å². The second kappa shape index (κ2) is 4.85. The first-order chi connectivity index (χ1) is 8.86. The molecular weight excluding hydrogens is 232 g/mol. The van der Waals surface area contributed by atoms with Crippen molar-refractivity contribution in [1.82, 2.24) is 30.5 Å². The van der Waals surface area contributed by atoms with E-state index in [0.29, 0.717) is 23.5 Å². The molecular formula is C11H16N6O. The van der Waals surface area contributed by atoms with Crippen LogP contribution in [0.2, 0.25) is 0 Å². The van der Waals surface area contributed by atoms with E-state index in [2.05, 4.69) is 25.8 Å². The predicted octanol–water partition coefficient (Wildman–Crippen LogP) is 0.815. The SMILES string of the molecule is CCc1nc(-c2cn(C3CCNCC3)nn2)no1. The van der Waals surface area contributed by atoms with E-state index in [0.717, 1.165) is 32.4 Å². The van der Waals surface area contributed by atoms with Crippen LogP contribution < -0.4 is 5.32 Å². The minimum absolute atomic E-state index is 0.421. The molecule has 0 atom stereocenters. The number of nitrogens with zero attached hydrogens (tertiary/aromatic N) is 5. The number of rotatable bonds is 3. The molecule has 1 N–H and O–H groups in total. The van der Waals surface area contributed by atoms with Crippen LogP contribution in [0.15, 0.2) is 10.7 Å². The van der Waals surface area contributed by atoms with Gasteiger partial charge < -0.3 is 9.84 Å². The summed E-state index contributed by atoms with van der Waals surface area (Å²) in [6.45, 7) is 4.03. The van der Waals surface area contributed by atoms with Crippen molar-refractivity contribution in [3.63, 3.8) is 0 Å². The van der Waals surface area contributed by atoms with Crippen LogP contribution in [0.5, 0.6) is 0 Å². The zero-order valence-corrected chi connectivity index (χ0v) is 10.3. The summed E-state index contributed by atoms with van der Waals surface area (Å²) in [6.07, 6.45) is 4.79. The summed E-state index contributed by atoms with van der Waals surface area (Å²) in [5, 5.41) is 15.5. The Hall–Kier alpha value is -1.76. The average molecular weight is 248 g/mol. The van der Waals surface area contributed by atoms with Crippen LogP contribution in [0, 0.1) is 0 Å². The molecule has 1 aliphatic rings. The Morgan fingerprint density at radius 1 is 1.44 bits per heavy atom. The molecule has 0 spiro atoms. The first kappa shape index (κ1) is 11.3. The third kappa shape index (κ3) is 2.13. The molecule has 3 rings (SSSR count). The standard InChI is InChI=1S/C11H16N6O/c1-2-10-13-11(15-18-10)9-7-17(16-14-9)8-3-5-12-6-4-8/h7-8,12H,2-6H2,1H3. The average Bonchev–Trinajstić information content (AvgIpc) is 3.08. The first-order valence-corrected chi connectivity index (χ1v) is 6.32. The number of hydrogen-bond donors (Lipinski definition) is 1. The monoisotopic (exact) mass is 248 g/mol. The number of aromatic nitrogens is 5. The highest BCUT2D eigenvalue weighted by molar-refractivity contribution is 5.45. The van der Waals surface area contributed by atoms with E-state index in [-0.39, 0.29) is 0 Å². The van der Waals surface area contributed by atoms with Gasteiger partial charge in [0.05, 0.1) is 12.2 Å². The zero-order valence-electron chi connectivity index (χ0n) is 10.3. The van der Waals surface area contributed by atoms with Crippen LogP contribution >= 0.6 is 0 Å². The van der Waals surface area contributed by atoms with Gasteiger partial charge in [0.15, 0.2) is 5.69 Å². The van der Waals surface area contributed by atoms with Gasteiger partial charge in [0.1, 0.15) is 0 Å². The molecule has 0 bridgehead atoms. The summed E-state index contributed by atoms with van der Waals surface area (Å²) in [5.74, 6) is 1.15. The first-order valence-electron chi connectivity index (χ1n) is 6.32. The van der Waals surface area contributed by atoms with Gasteiger partial charge >= 0.3 is 0 Å². The molecule has 1 aliphatic heterocycles. The van der Waals surface area contributed by atoms with Crippen molar-refractivity contribution in [3.8, 4) is 11.5 Å². The van der Waals surface area contributed by atoms with Gasteiger partial charge in [0, 0.05) is 6.42 Å². The number of piperidine rings is 1. The van der Waals surface area contributed by atoms with Gasteiger partial charge in [-0.15, -0.1) is 5.10 Å². The van der Waals surface area contributed by atoms with E-state index < -0.39 is 0 Å². The Kier molecular flexibility index (Phi) is 3.06. The Morgan fingerprint density at radius 2 is 2.28 bits per heavy atom. The Morgan fingerprint density at radius 3 is 3.00 bits per heavy atom. The maximum Gasteiger partial charge on any atom is 0.226 e. The molecule has 0 aliphatic carbocycles. The van der Waals surface area contributed by atoms with E-state index >= 15 is 0 Å². The number of aryl methyl sites for hydroxylation is 1. The topological polar surface area (TPSA) is 81.7 Å². The van der Waals surface area contributed by atoms with Crippen LogP contribution in [-0.2, 0) is 6.42 Å². The lowest BCUT2D eigenvalue weighted by molar-refractivity contribution is 0.337. The third-order valence-corrected chi connectivity index (χ3v) is 3.19. The molecule has 7 nitrogen and oxygen atoms in total. The third-order valence-electron chi connectivity index (χ3n) is 3.19. The summed E-state index contributed by atoms with van der Waals surface area (Å²) >= 11 is 0. The summed E-state index contributed by atoms with van der Waals surface area (Å²) in [7, 11) is 0. The quantitative estimate of drug-likeness (QED) is 0.865. The van der Waals surface area contributed by atoms with Gasteiger partial charge in [-0.05, 0) is 25.9 Å². The van der Waals surface area contributed by atoms with Gasteiger partial charge in [0.25, 0.3) is 0 Å². The van der Waals surface area contributed by atoms with Crippen molar-refractivity contribution in [2.75, 3.05) is 13.1 Å². The van der Waals surface area contributed by atoms with Crippen molar-refractivity contribution >= 4 is 0 Å². The molecule has 96 valence electrons. The molecule has 0 amide bonds. The fourth-order valence-corrected chi connectivity index (χ4v) is 2.13. The van der Waals surface area contributed by atoms with E-state index in [1.807, 2.05) is 17.8 Å². The molecule has 0 saturated carbocycles. The second-order valence-corrected chi connectivity index (χ2v) is 4.43. The highest BCUT2D eigenvalue weighted by atomic mass is 16.5. The lowest BCUT2D eigenvalue weighted by Crippen LogP contribution is -2.29. The maximum atomic E-state index is 5.07. The summed E-state index contributed by atoms with van der Waals surface area (Å²) in [4.78, 5) is 4.25. The van der Waals surface area contributed by atoms with Crippen molar-refractivity contribution in [1.29, 1.82) is 0 Å². The van der Waals surface area contributed by atoms with Crippen LogP contribution in [0.4, 0.5) is 0 Å². The minimum Gasteiger partial charge on any atom is -0.339 e. The van der Waals surface area contributed by atoms with Crippen LogP contribution in [0.1, 0.15) is 31.7 Å². The lowest BCUT2D eigenvalue weighted by Gasteiger charge is -2.21. The summed E-state index contributed by atoms with van der Waals surface area (Å²) in [6, 6.07) is 0.421. The lowest BCUT2D eigenvalue weighted by atomic mass is 10.1.